The Morgan fingerprint density at radius 1 is 1.04 bits per heavy atom. The van der Waals surface area contributed by atoms with Gasteiger partial charge in [-0.1, -0.05) is 26.0 Å². The van der Waals surface area contributed by atoms with E-state index < -0.39 is 20.9 Å². The van der Waals surface area contributed by atoms with E-state index in [0.29, 0.717) is 5.56 Å². The lowest BCUT2D eigenvalue weighted by Gasteiger charge is -2.21. The van der Waals surface area contributed by atoms with Crippen LogP contribution in [0.4, 0.5) is 10.1 Å². The van der Waals surface area contributed by atoms with Crippen molar-refractivity contribution < 1.29 is 17.6 Å². The Kier molecular flexibility index (Phi) is 6.59. The third-order valence-electron chi connectivity index (χ3n) is 4.28. The molecule has 146 valence electrons. The first-order valence-electron chi connectivity index (χ1n) is 8.67. The molecule has 0 aliphatic heterocycles. The first kappa shape index (κ1) is 20.9. The van der Waals surface area contributed by atoms with Crippen LogP contribution in [0.2, 0.25) is 0 Å². The molecule has 0 saturated heterocycles. The Morgan fingerprint density at radius 3 is 2.07 bits per heavy atom. The van der Waals surface area contributed by atoms with Gasteiger partial charge in [-0.05, 0) is 42.0 Å². The molecule has 0 aliphatic carbocycles. The fourth-order valence-electron chi connectivity index (χ4n) is 2.58. The van der Waals surface area contributed by atoms with Crippen molar-refractivity contribution in [3.8, 4) is 0 Å². The Labute approximate surface area is 160 Å². The summed E-state index contributed by atoms with van der Waals surface area (Å²) in [6, 6.07) is 11.9. The second-order valence-electron chi connectivity index (χ2n) is 6.87. The largest absolute Gasteiger partial charge is 0.378 e. The highest BCUT2D eigenvalue weighted by Crippen LogP contribution is 2.30. The van der Waals surface area contributed by atoms with E-state index in [-0.39, 0.29) is 23.3 Å². The van der Waals surface area contributed by atoms with Crippen LogP contribution in [0.3, 0.4) is 0 Å². The summed E-state index contributed by atoms with van der Waals surface area (Å²) < 4.78 is 39.5. The van der Waals surface area contributed by atoms with E-state index in [9.17, 15) is 17.6 Å². The Hall–Kier alpha value is -2.41. The number of hydrogen-bond acceptors (Lipinski definition) is 4. The van der Waals surface area contributed by atoms with E-state index in [1.54, 1.807) is 26.0 Å². The summed E-state index contributed by atoms with van der Waals surface area (Å²) in [7, 11) is -0.0334. The average Bonchev–Trinajstić information content (AvgIpc) is 2.62. The summed E-state index contributed by atoms with van der Waals surface area (Å²) in [5, 5.41) is 1.73. The van der Waals surface area contributed by atoms with Gasteiger partial charge in [0.2, 0.25) is 5.91 Å². The molecule has 1 atom stereocenters. The lowest BCUT2D eigenvalue weighted by Crippen LogP contribution is -2.34. The molecule has 2 aromatic rings. The number of halogens is 1. The van der Waals surface area contributed by atoms with Crippen molar-refractivity contribution in [2.24, 2.45) is 5.92 Å². The molecule has 2 aromatic carbocycles. The summed E-state index contributed by atoms with van der Waals surface area (Å²) in [5.74, 6) is -0.983. The molecule has 2 rings (SSSR count). The van der Waals surface area contributed by atoms with Crippen molar-refractivity contribution in [1.82, 2.24) is 5.32 Å². The zero-order valence-electron chi connectivity index (χ0n) is 15.9. The van der Waals surface area contributed by atoms with Gasteiger partial charge in [0.25, 0.3) is 0 Å². The number of nitrogens with one attached hydrogen (secondary N) is 1. The van der Waals surface area contributed by atoms with Gasteiger partial charge in [-0.25, -0.2) is 12.8 Å². The molecule has 0 bridgehead atoms. The van der Waals surface area contributed by atoms with Gasteiger partial charge < -0.3 is 10.2 Å². The molecule has 0 heterocycles. The minimum Gasteiger partial charge on any atom is -0.378 e. The van der Waals surface area contributed by atoms with Crippen molar-refractivity contribution in [2.75, 3.05) is 25.5 Å². The van der Waals surface area contributed by atoms with Gasteiger partial charge in [0.15, 0.2) is 9.84 Å². The maximum atomic E-state index is 13.2. The molecule has 5 nitrogen and oxygen atoms in total. The van der Waals surface area contributed by atoms with E-state index in [1.807, 2.05) is 31.1 Å². The van der Waals surface area contributed by atoms with Crippen molar-refractivity contribution in [3.05, 3.63) is 59.9 Å². The average molecular weight is 392 g/mol. The first-order chi connectivity index (χ1) is 12.6. The molecule has 7 heteroatoms. The van der Waals surface area contributed by atoms with Gasteiger partial charge in [0.1, 0.15) is 11.1 Å². The standard InChI is InChI=1S/C20H25FN2O3S/c1-14(2)20(24)22-13-19(15-5-9-17(10-6-15)23(3)4)27(25,26)18-11-7-16(21)8-12-18/h5-12,14,19H,13H2,1-4H3,(H,22,24)/t19-/m0/s1. The lowest BCUT2D eigenvalue weighted by atomic mass is 10.1. The second kappa shape index (κ2) is 8.52. The zero-order chi connectivity index (χ0) is 20.2. The number of hydrogen-bond donors (Lipinski definition) is 1. The number of anilines is 1. The van der Waals surface area contributed by atoms with Gasteiger partial charge >= 0.3 is 0 Å². The molecule has 0 radical (unpaired) electrons. The van der Waals surface area contributed by atoms with Crippen molar-refractivity contribution in [1.29, 1.82) is 0 Å². The maximum absolute atomic E-state index is 13.2. The third kappa shape index (κ3) is 5.07. The number of amides is 1. The minimum absolute atomic E-state index is 0.0179. The number of carbonyl (C=O) groups is 1. The van der Waals surface area contributed by atoms with Crippen LogP contribution in [0.25, 0.3) is 0 Å². The topological polar surface area (TPSA) is 66.5 Å². The van der Waals surface area contributed by atoms with Crippen LogP contribution in [0.1, 0.15) is 24.7 Å². The molecule has 1 amide bonds. The first-order valence-corrected chi connectivity index (χ1v) is 10.2. The maximum Gasteiger partial charge on any atom is 0.222 e. The minimum atomic E-state index is -3.82. The summed E-state index contributed by atoms with van der Waals surface area (Å²) in [5.41, 5.74) is 1.50. The Balaban J connectivity index is 2.42. The van der Waals surface area contributed by atoms with Crippen LogP contribution in [0, 0.1) is 11.7 Å². The van der Waals surface area contributed by atoms with Gasteiger partial charge in [0.05, 0.1) is 4.90 Å². The summed E-state index contributed by atoms with van der Waals surface area (Å²) >= 11 is 0. The highest BCUT2D eigenvalue weighted by molar-refractivity contribution is 7.91. The molecule has 0 spiro atoms. The highest BCUT2D eigenvalue weighted by Gasteiger charge is 2.30. The van der Waals surface area contributed by atoms with Crippen LogP contribution >= 0.6 is 0 Å². The highest BCUT2D eigenvalue weighted by atomic mass is 32.2. The van der Waals surface area contributed by atoms with Crippen molar-refractivity contribution in [2.45, 2.75) is 24.0 Å². The number of carbonyl (C=O) groups excluding carboxylic acids is 1. The van der Waals surface area contributed by atoms with E-state index >= 15 is 0 Å². The van der Waals surface area contributed by atoms with E-state index in [2.05, 4.69) is 5.32 Å². The summed E-state index contributed by atoms with van der Waals surface area (Å²) in [4.78, 5) is 13.9. The SMILES string of the molecule is CC(C)C(=O)NC[C@@H](c1ccc(N(C)C)cc1)S(=O)(=O)c1ccc(F)cc1. The monoisotopic (exact) mass is 392 g/mol. The number of rotatable bonds is 7. The molecule has 0 fully saturated rings. The lowest BCUT2D eigenvalue weighted by molar-refractivity contribution is -0.123. The van der Waals surface area contributed by atoms with Crippen LogP contribution in [-0.4, -0.2) is 35.0 Å². The fourth-order valence-corrected chi connectivity index (χ4v) is 4.24. The van der Waals surface area contributed by atoms with Crippen LogP contribution in [-0.2, 0) is 14.6 Å². The molecular formula is C20H25FN2O3S. The smallest absolute Gasteiger partial charge is 0.222 e. The van der Waals surface area contributed by atoms with Crippen molar-refractivity contribution in [3.63, 3.8) is 0 Å². The predicted molar refractivity (Wildman–Crippen MR) is 105 cm³/mol. The molecule has 1 N–H and O–H groups in total. The van der Waals surface area contributed by atoms with Gasteiger partial charge in [-0.3, -0.25) is 4.79 Å². The van der Waals surface area contributed by atoms with Gasteiger partial charge in [-0.2, -0.15) is 0 Å². The molecule has 27 heavy (non-hydrogen) atoms. The van der Waals surface area contributed by atoms with Crippen LogP contribution in [0.15, 0.2) is 53.4 Å². The van der Waals surface area contributed by atoms with Crippen LogP contribution in [0.5, 0.6) is 0 Å². The second-order valence-corrected chi connectivity index (χ2v) is 9.00. The normalized spacial score (nSPS) is 12.7. The molecular weight excluding hydrogens is 367 g/mol. The zero-order valence-corrected chi connectivity index (χ0v) is 16.8. The molecule has 0 aliphatic rings. The number of sulfone groups is 1. The number of benzene rings is 2. The quantitative estimate of drug-likeness (QED) is 0.735. The Morgan fingerprint density at radius 2 is 1.59 bits per heavy atom. The molecule has 0 unspecified atom stereocenters. The number of nitrogens with zero attached hydrogens (tertiary/aromatic N) is 1. The van der Waals surface area contributed by atoms with Crippen molar-refractivity contribution >= 4 is 21.4 Å². The fraction of sp³-hybridized carbons (Fsp3) is 0.350. The van der Waals surface area contributed by atoms with E-state index in [1.165, 1.54) is 12.1 Å². The third-order valence-corrected chi connectivity index (χ3v) is 6.40. The van der Waals surface area contributed by atoms with Gasteiger partial charge in [-0.15, -0.1) is 0 Å². The summed E-state index contributed by atoms with van der Waals surface area (Å²) in [6.45, 7) is 3.42. The van der Waals surface area contributed by atoms with E-state index in [0.717, 1.165) is 17.8 Å². The summed E-state index contributed by atoms with van der Waals surface area (Å²) in [6.07, 6.45) is 0. The van der Waals surface area contributed by atoms with Crippen LogP contribution < -0.4 is 10.2 Å². The van der Waals surface area contributed by atoms with E-state index in [4.69, 9.17) is 0 Å². The Bertz CT molecular complexity index is 876. The predicted octanol–water partition coefficient (Wildman–Crippen LogP) is 3.18. The molecule has 0 saturated carbocycles. The van der Waals surface area contributed by atoms with Gasteiger partial charge in [0, 0.05) is 32.2 Å². The molecule has 0 aromatic heterocycles.